The highest BCUT2D eigenvalue weighted by atomic mass is 16.3. The van der Waals surface area contributed by atoms with Crippen LogP contribution in [0.25, 0.3) is 10.9 Å². The van der Waals surface area contributed by atoms with Crippen LogP contribution in [0.1, 0.15) is 23.7 Å². The molecule has 2 aromatic heterocycles. The Bertz CT molecular complexity index is 824. The van der Waals surface area contributed by atoms with Crippen molar-refractivity contribution in [2.24, 2.45) is 0 Å². The first kappa shape index (κ1) is 14.1. The van der Waals surface area contributed by atoms with Gasteiger partial charge in [0.05, 0.1) is 5.56 Å². The zero-order valence-corrected chi connectivity index (χ0v) is 12.3. The Balaban J connectivity index is 1.99. The Hall–Kier alpha value is -2.82. The summed E-state index contributed by atoms with van der Waals surface area (Å²) in [6, 6.07) is 10.9. The average Bonchev–Trinajstić information content (AvgIpc) is 2.89. The molecular formula is C17H17N3O2. The van der Waals surface area contributed by atoms with Crippen molar-refractivity contribution < 1.29 is 9.90 Å². The molecule has 0 aliphatic rings. The maximum absolute atomic E-state index is 12.5. The number of aryl methyl sites for hydroxylation is 1. The number of amides is 1. The van der Waals surface area contributed by atoms with Crippen molar-refractivity contribution in [1.82, 2.24) is 9.55 Å². The molecule has 0 fully saturated rings. The summed E-state index contributed by atoms with van der Waals surface area (Å²) in [5, 5.41) is 13.3. The molecular weight excluding hydrogens is 278 g/mol. The zero-order chi connectivity index (χ0) is 15.5. The molecule has 5 nitrogen and oxygen atoms in total. The molecule has 0 aliphatic heterocycles. The van der Waals surface area contributed by atoms with Crippen molar-refractivity contribution in [2.75, 3.05) is 5.32 Å². The van der Waals surface area contributed by atoms with Crippen LogP contribution in [0.4, 0.5) is 5.82 Å². The van der Waals surface area contributed by atoms with Crippen LogP contribution in [-0.4, -0.2) is 20.6 Å². The Morgan fingerprint density at radius 2 is 2.09 bits per heavy atom. The van der Waals surface area contributed by atoms with Crippen LogP contribution >= 0.6 is 0 Å². The first-order valence-electron chi connectivity index (χ1n) is 7.24. The molecule has 0 unspecified atom stereocenters. The number of aromatic nitrogens is 2. The van der Waals surface area contributed by atoms with Gasteiger partial charge in [0, 0.05) is 29.8 Å². The monoisotopic (exact) mass is 295 g/mol. The molecule has 0 aliphatic carbocycles. The molecule has 112 valence electrons. The van der Waals surface area contributed by atoms with E-state index in [1.54, 1.807) is 6.07 Å². The first-order valence-corrected chi connectivity index (χ1v) is 7.24. The number of carbonyl (C=O) groups excluding carboxylic acids is 1. The minimum Gasteiger partial charge on any atom is -0.504 e. The van der Waals surface area contributed by atoms with Crippen LogP contribution in [0, 0.1) is 0 Å². The van der Waals surface area contributed by atoms with Gasteiger partial charge in [0.1, 0.15) is 0 Å². The van der Waals surface area contributed by atoms with Gasteiger partial charge in [0.2, 0.25) is 0 Å². The number of fused-ring (bicyclic) bond motifs is 1. The van der Waals surface area contributed by atoms with Crippen molar-refractivity contribution in [3.05, 3.63) is 54.4 Å². The summed E-state index contributed by atoms with van der Waals surface area (Å²) < 4.78 is 2.07. The third-order valence-electron chi connectivity index (χ3n) is 3.52. The predicted molar refractivity (Wildman–Crippen MR) is 86.1 cm³/mol. The lowest BCUT2D eigenvalue weighted by Crippen LogP contribution is -2.12. The summed E-state index contributed by atoms with van der Waals surface area (Å²) in [6.07, 6.45) is 4.36. The molecule has 1 amide bonds. The molecule has 0 bridgehead atoms. The van der Waals surface area contributed by atoms with Gasteiger partial charge in [-0.1, -0.05) is 25.1 Å². The van der Waals surface area contributed by atoms with E-state index in [1.807, 2.05) is 30.5 Å². The number of nitrogens with one attached hydrogen (secondary N) is 1. The smallest absolute Gasteiger partial charge is 0.259 e. The second-order valence-electron chi connectivity index (χ2n) is 5.08. The number of pyridine rings is 1. The van der Waals surface area contributed by atoms with E-state index in [4.69, 9.17) is 0 Å². The van der Waals surface area contributed by atoms with E-state index in [-0.39, 0.29) is 17.5 Å². The fourth-order valence-corrected chi connectivity index (χ4v) is 2.52. The molecule has 5 heteroatoms. The Morgan fingerprint density at radius 3 is 2.86 bits per heavy atom. The number of carbonyl (C=O) groups is 1. The van der Waals surface area contributed by atoms with Crippen LogP contribution in [0.3, 0.4) is 0 Å². The Morgan fingerprint density at radius 1 is 1.27 bits per heavy atom. The van der Waals surface area contributed by atoms with E-state index < -0.39 is 0 Å². The SMILES string of the molecule is CCCn1cc(C(=O)Nc2ncccc2O)c2ccccc21. The van der Waals surface area contributed by atoms with Gasteiger partial charge < -0.3 is 15.0 Å². The van der Waals surface area contributed by atoms with Gasteiger partial charge in [0.25, 0.3) is 5.91 Å². The molecule has 0 saturated carbocycles. The van der Waals surface area contributed by atoms with Gasteiger partial charge in [-0.2, -0.15) is 0 Å². The molecule has 0 saturated heterocycles. The summed E-state index contributed by atoms with van der Waals surface area (Å²) >= 11 is 0. The fraction of sp³-hybridized carbons (Fsp3) is 0.176. The molecule has 0 spiro atoms. The third-order valence-corrected chi connectivity index (χ3v) is 3.52. The molecule has 3 aromatic rings. The first-order chi connectivity index (χ1) is 10.7. The van der Waals surface area contributed by atoms with Crippen LogP contribution in [0.15, 0.2) is 48.8 Å². The minimum atomic E-state index is -0.278. The number of hydrogen-bond acceptors (Lipinski definition) is 3. The van der Waals surface area contributed by atoms with Crippen LogP contribution in [0.5, 0.6) is 5.75 Å². The molecule has 0 radical (unpaired) electrons. The summed E-state index contributed by atoms with van der Waals surface area (Å²) in [6.45, 7) is 2.95. The van der Waals surface area contributed by atoms with Gasteiger partial charge in [-0.25, -0.2) is 4.98 Å². The molecule has 22 heavy (non-hydrogen) atoms. The van der Waals surface area contributed by atoms with Gasteiger partial charge >= 0.3 is 0 Å². The highest BCUT2D eigenvalue weighted by Crippen LogP contribution is 2.24. The topological polar surface area (TPSA) is 67.2 Å². The van der Waals surface area contributed by atoms with E-state index in [2.05, 4.69) is 21.8 Å². The van der Waals surface area contributed by atoms with E-state index in [9.17, 15) is 9.90 Å². The van der Waals surface area contributed by atoms with Gasteiger partial charge in [-0.15, -0.1) is 0 Å². The van der Waals surface area contributed by atoms with Gasteiger partial charge in [-0.05, 0) is 24.6 Å². The van der Waals surface area contributed by atoms with E-state index in [0.717, 1.165) is 23.9 Å². The van der Waals surface area contributed by atoms with Gasteiger partial charge in [0.15, 0.2) is 11.6 Å². The molecule has 1 aromatic carbocycles. The quantitative estimate of drug-likeness (QED) is 0.775. The minimum absolute atomic E-state index is 0.0480. The second kappa shape index (κ2) is 5.89. The summed E-state index contributed by atoms with van der Waals surface area (Å²) in [4.78, 5) is 16.5. The normalized spacial score (nSPS) is 10.8. The van der Waals surface area contributed by atoms with Crippen LogP contribution in [0.2, 0.25) is 0 Å². The van der Waals surface area contributed by atoms with Crippen LogP contribution < -0.4 is 5.32 Å². The largest absolute Gasteiger partial charge is 0.504 e. The van der Waals surface area contributed by atoms with Crippen molar-refractivity contribution in [1.29, 1.82) is 0 Å². The Kier molecular flexibility index (Phi) is 3.78. The number of aromatic hydroxyl groups is 1. The number of nitrogens with zero attached hydrogens (tertiary/aromatic N) is 2. The second-order valence-corrected chi connectivity index (χ2v) is 5.08. The lowest BCUT2D eigenvalue weighted by Gasteiger charge is -2.04. The molecule has 2 N–H and O–H groups in total. The standard InChI is InChI=1S/C17H17N3O2/c1-2-10-20-11-13(12-6-3-4-7-14(12)20)17(22)19-16-15(21)8-5-9-18-16/h3-9,11,21H,2,10H2,1H3,(H,18,19,22). The zero-order valence-electron chi connectivity index (χ0n) is 12.3. The number of hydrogen-bond donors (Lipinski definition) is 2. The summed E-state index contributed by atoms with van der Waals surface area (Å²) in [7, 11) is 0. The summed E-state index contributed by atoms with van der Waals surface area (Å²) in [5.41, 5.74) is 1.61. The Labute approximate surface area is 128 Å². The van der Waals surface area contributed by atoms with Crippen molar-refractivity contribution in [2.45, 2.75) is 19.9 Å². The average molecular weight is 295 g/mol. The number of benzene rings is 1. The highest BCUT2D eigenvalue weighted by molar-refractivity contribution is 6.13. The lowest BCUT2D eigenvalue weighted by atomic mass is 10.1. The fourth-order valence-electron chi connectivity index (χ4n) is 2.52. The van der Waals surface area contributed by atoms with E-state index in [1.165, 1.54) is 12.3 Å². The summed E-state index contributed by atoms with van der Waals surface area (Å²) in [5.74, 6) is -0.159. The maximum atomic E-state index is 12.5. The van der Waals surface area contributed by atoms with Crippen molar-refractivity contribution >= 4 is 22.6 Å². The predicted octanol–water partition coefficient (Wildman–Crippen LogP) is 3.40. The third kappa shape index (κ3) is 2.53. The number of rotatable bonds is 4. The van der Waals surface area contributed by atoms with Crippen molar-refractivity contribution in [3.8, 4) is 5.75 Å². The van der Waals surface area contributed by atoms with Gasteiger partial charge in [-0.3, -0.25) is 4.79 Å². The molecule has 3 rings (SSSR count). The van der Waals surface area contributed by atoms with E-state index >= 15 is 0 Å². The lowest BCUT2D eigenvalue weighted by molar-refractivity contribution is 0.102. The maximum Gasteiger partial charge on any atom is 0.259 e. The number of para-hydroxylation sites is 1. The van der Waals surface area contributed by atoms with E-state index in [0.29, 0.717) is 5.56 Å². The highest BCUT2D eigenvalue weighted by Gasteiger charge is 2.16. The number of anilines is 1. The van der Waals surface area contributed by atoms with Crippen molar-refractivity contribution in [3.63, 3.8) is 0 Å². The van der Waals surface area contributed by atoms with Crippen LogP contribution in [-0.2, 0) is 6.54 Å². The molecule has 2 heterocycles. The molecule has 0 atom stereocenters.